The Morgan fingerprint density at radius 2 is 2.06 bits per heavy atom. The molecule has 1 aromatic carbocycles. The summed E-state index contributed by atoms with van der Waals surface area (Å²) in [6, 6.07) is 5.33. The molecule has 0 aliphatic rings. The Bertz CT molecular complexity index is 497. The smallest absolute Gasteiger partial charge is 0.338 e. The Labute approximate surface area is 104 Å². The van der Waals surface area contributed by atoms with E-state index in [1.807, 2.05) is 0 Å². The van der Waals surface area contributed by atoms with Crippen molar-refractivity contribution in [1.29, 1.82) is 0 Å². The second kappa shape index (κ2) is 6.00. The van der Waals surface area contributed by atoms with Crippen molar-refractivity contribution in [3.05, 3.63) is 29.8 Å². The quantitative estimate of drug-likeness (QED) is 0.463. The van der Waals surface area contributed by atoms with Gasteiger partial charge in [0.15, 0.2) is 0 Å². The van der Waals surface area contributed by atoms with Crippen molar-refractivity contribution in [3.63, 3.8) is 0 Å². The molecule has 0 radical (unpaired) electrons. The fraction of sp³-hybridized carbons (Fsp3) is 0.300. The summed E-state index contributed by atoms with van der Waals surface area (Å²) in [5.41, 5.74) is 0.128. The Hall–Kier alpha value is -1.11. The van der Waals surface area contributed by atoms with Crippen molar-refractivity contribution >= 4 is 25.7 Å². The van der Waals surface area contributed by atoms with Crippen molar-refractivity contribution in [3.8, 4) is 0 Å². The summed E-state index contributed by atoms with van der Waals surface area (Å²) < 4.78 is 31.7. The fourth-order valence-corrected chi connectivity index (χ4v) is 1.87. The summed E-state index contributed by atoms with van der Waals surface area (Å²) in [4.78, 5) is 11.3. The maximum atomic E-state index is 11.5. The molecule has 0 saturated carbocycles. The summed E-state index contributed by atoms with van der Waals surface area (Å²) in [5.74, 6) is -0.621. The van der Waals surface area contributed by atoms with Crippen LogP contribution in [0, 0.1) is 0 Å². The van der Waals surface area contributed by atoms with Gasteiger partial charge in [0.25, 0.3) is 9.05 Å². The number of halogens is 1. The van der Waals surface area contributed by atoms with Gasteiger partial charge < -0.3 is 9.47 Å². The predicted octanol–water partition coefficient (Wildman–Crippen LogP) is 1.42. The van der Waals surface area contributed by atoms with Gasteiger partial charge in [-0.25, -0.2) is 13.2 Å². The molecule has 0 N–H and O–H groups in total. The minimum absolute atomic E-state index is 0.104. The van der Waals surface area contributed by atoms with E-state index in [1.165, 1.54) is 25.3 Å². The fourth-order valence-electron chi connectivity index (χ4n) is 1.08. The van der Waals surface area contributed by atoms with Gasteiger partial charge >= 0.3 is 5.97 Å². The zero-order valence-corrected chi connectivity index (χ0v) is 10.6. The van der Waals surface area contributed by atoms with Gasteiger partial charge in [0.05, 0.1) is 17.1 Å². The SMILES string of the molecule is COCCOC(=O)c1cccc(S(=O)(=O)Cl)c1. The van der Waals surface area contributed by atoms with Crippen LogP contribution in [0.4, 0.5) is 0 Å². The lowest BCUT2D eigenvalue weighted by molar-refractivity contribution is 0.0388. The summed E-state index contributed by atoms with van der Waals surface area (Å²) >= 11 is 0. The van der Waals surface area contributed by atoms with E-state index in [9.17, 15) is 13.2 Å². The number of carbonyl (C=O) groups excluding carboxylic acids is 1. The molecule has 0 amide bonds. The van der Waals surface area contributed by atoms with E-state index in [4.69, 9.17) is 20.2 Å². The van der Waals surface area contributed by atoms with Crippen LogP contribution in [-0.2, 0) is 18.5 Å². The van der Waals surface area contributed by atoms with Gasteiger partial charge in [-0.1, -0.05) is 6.07 Å². The highest BCUT2D eigenvalue weighted by Crippen LogP contribution is 2.16. The third-order valence-electron chi connectivity index (χ3n) is 1.87. The van der Waals surface area contributed by atoms with Crippen LogP contribution in [0.15, 0.2) is 29.2 Å². The van der Waals surface area contributed by atoms with Crippen LogP contribution in [0.1, 0.15) is 10.4 Å². The van der Waals surface area contributed by atoms with E-state index in [0.29, 0.717) is 0 Å². The Morgan fingerprint density at radius 3 is 2.65 bits per heavy atom. The normalized spacial score (nSPS) is 11.2. The van der Waals surface area contributed by atoms with Gasteiger partial charge in [-0.05, 0) is 18.2 Å². The zero-order valence-electron chi connectivity index (χ0n) is 9.05. The molecule has 0 bridgehead atoms. The third-order valence-corrected chi connectivity index (χ3v) is 3.22. The van der Waals surface area contributed by atoms with Crippen molar-refractivity contribution < 1.29 is 22.7 Å². The van der Waals surface area contributed by atoms with E-state index in [0.717, 1.165) is 6.07 Å². The van der Waals surface area contributed by atoms with Crippen LogP contribution in [0.25, 0.3) is 0 Å². The van der Waals surface area contributed by atoms with Gasteiger partial charge in [0.2, 0.25) is 0 Å². The van der Waals surface area contributed by atoms with E-state index in [2.05, 4.69) is 0 Å². The molecule has 0 heterocycles. The largest absolute Gasteiger partial charge is 0.460 e. The number of esters is 1. The van der Waals surface area contributed by atoms with E-state index < -0.39 is 15.0 Å². The summed E-state index contributed by atoms with van der Waals surface area (Å²) in [5, 5.41) is 0. The van der Waals surface area contributed by atoms with Crippen LogP contribution in [-0.4, -0.2) is 34.7 Å². The van der Waals surface area contributed by atoms with Crippen molar-refractivity contribution in [1.82, 2.24) is 0 Å². The van der Waals surface area contributed by atoms with Crippen molar-refractivity contribution in [2.45, 2.75) is 4.90 Å². The summed E-state index contributed by atoms with van der Waals surface area (Å²) in [6.45, 7) is 0.381. The molecule has 0 fully saturated rings. The molecule has 0 unspecified atom stereocenters. The van der Waals surface area contributed by atoms with Gasteiger partial charge in [-0.15, -0.1) is 0 Å². The van der Waals surface area contributed by atoms with Crippen molar-refractivity contribution in [2.24, 2.45) is 0 Å². The first-order valence-electron chi connectivity index (χ1n) is 4.66. The van der Waals surface area contributed by atoms with Gasteiger partial charge in [-0.2, -0.15) is 0 Å². The molecular formula is C10H11ClO5S. The Balaban J connectivity index is 2.82. The maximum Gasteiger partial charge on any atom is 0.338 e. The molecular weight excluding hydrogens is 268 g/mol. The Kier molecular flexibility index (Phi) is 4.92. The van der Waals surface area contributed by atoms with Crippen molar-refractivity contribution in [2.75, 3.05) is 20.3 Å². The minimum atomic E-state index is -3.84. The monoisotopic (exact) mass is 278 g/mol. The zero-order chi connectivity index (χ0) is 12.9. The number of benzene rings is 1. The molecule has 1 rings (SSSR count). The number of hydrogen-bond acceptors (Lipinski definition) is 5. The van der Waals surface area contributed by atoms with Gasteiger partial charge in [-0.3, -0.25) is 0 Å². The standard InChI is InChI=1S/C10H11ClO5S/c1-15-5-6-16-10(12)8-3-2-4-9(7-8)17(11,13)14/h2-4,7H,5-6H2,1H3. The van der Waals surface area contributed by atoms with E-state index >= 15 is 0 Å². The molecule has 7 heteroatoms. The summed E-state index contributed by atoms with van der Waals surface area (Å²) in [7, 11) is 2.80. The average Bonchev–Trinajstić information content (AvgIpc) is 2.28. The lowest BCUT2D eigenvalue weighted by Crippen LogP contribution is -2.10. The molecule has 94 valence electrons. The summed E-state index contributed by atoms with van der Waals surface area (Å²) in [6.07, 6.45) is 0. The second-order valence-electron chi connectivity index (χ2n) is 3.09. The number of ether oxygens (including phenoxy) is 2. The van der Waals surface area contributed by atoms with Crippen LogP contribution in [0.5, 0.6) is 0 Å². The lowest BCUT2D eigenvalue weighted by Gasteiger charge is -2.04. The number of hydrogen-bond donors (Lipinski definition) is 0. The maximum absolute atomic E-state index is 11.5. The highest BCUT2D eigenvalue weighted by atomic mass is 35.7. The predicted molar refractivity (Wildman–Crippen MR) is 61.6 cm³/mol. The third kappa shape index (κ3) is 4.33. The molecule has 0 aliphatic carbocycles. The second-order valence-corrected chi connectivity index (χ2v) is 5.66. The van der Waals surface area contributed by atoms with Gasteiger partial charge in [0.1, 0.15) is 6.61 Å². The first-order chi connectivity index (χ1) is 7.95. The number of methoxy groups -OCH3 is 1. The number of rotatable bonds is 5. The minimum Gasteiger partial charge on any atom is -0.460 e. The first kappa shape index (κ1) is 14.0. The molecule has 0 aromatic heterocycles. The molecule has 1 aromatic rings. The number of carbonyl (C=O) groups is 1. The Morgan fingerprint density at radius 1 is 1.35 bits per heavy atom. The van der Waals surface area contributed by atoms with E-state index in [1.54, 1.807) is 0 Å². The van der Waals surface area contributed by atoms with Crippen LogP contribution >= 0.6 is 10.7 Å². The first-order valence-corrected chi connectivity index (χ1v) is 6.97. The van der Waals surface area contributed by atoms with E-state index in [-0.39, 0.29) is 23.7 Å². The topological polar surface area (TPSA) is 69.7 Å². The lowest BCUT2D eigenvalue weighted by atomic mass is 10.2. The molecule has 0 saturated heterocycles. The molecule has 5 nitrogen and oxygen atoms in total. The highest BCUT2D eigenvalue weighted by molar-refractivity contribution is 8.13. The average molecular weight is 279 g/mol. The molecule has 0 spiro atoms. The van der Waals surface area contributed by atoms with Gasteiger partial charge in [0, 0.05) is 17.8 Å². The molecule has 0 aliphatic heterocycles. The van der Waals surface area contributed by atoms with Crippen LogP contribution in [0.3, 0.4) is 0 Å². The molecule has 17 heavy (non-hydrogen) atoms. The highest BCUT2D eigenvalue weighted by Gasteiger charge is 2.13. The van der Waals surface area contributed by atoms with Crippen LogP contribution < -0.4 is 0 Å². The molecule has 0 atom stereocenters. The van der Waals surface area contributed by atoms with Crippen LogP contribution in [0.2, 0.25) is 0 Å².